The zero-order valence-electron chi connectivity index (χ0n) is 13.6. The first-order valence-electron chi connectivity index (χ1n) is 8.23. The molecule has 0 atom stereocenters. The number of nitrogens with zero attached hydrogens (tertiary/aromatic N) is 2. The molecule has 1 aromatic heterocycles. The fraction of sp³-hybridized carbons (Fsp3) is 0.389. The third-order valence-electron chi connectivity index (χ3n) is 4.21. The first-order chi connectivity index (χ1) is 12.0. The molecule has 1 aromatic carbocycles. The van der Waals surface area contributed by atoms with Gasteiger partial charge in [0, 0.05) is 24.8 Å². The van der Waals surface area contributed by atoms with Crippen LogP contribution in [0.15, 0.2) is 40.9 Å². The van der Waals surface area contributed by atoms with Crippen LogP contribution in [0.2, 0.25) is 0 Å². The maximum absolute atomic E-state index is 13.2. The van der Waals surface area contributed by atoms with Crippen molar-refractivity contribution in [3.63, 3.8) is 0 Å². The average Bonchev–Trinajstić information content (AvgIpc) is 3.08. The summed E-state index contributed by atoms with van der Waals surface area (Å²) in [5.74, 6) is -2.25. The summed E-state index contributed by atoms with van der Waals surface area (Å²) in [5.41, 5.74) is 0.923. The van der Waals surface area contributed by atoms with E-state index in [4.69, 9.17) is 4.52 Å². The van der Waals surface area contributed by atoms with Crippen molar-refractivity contribution in [1.29, 1.82) is 0 Å². The summed E-state index contributed by atoms with van der Waals surface area (Å²) in [5, 5.41) is 6.52. The molecule has 1 aliphatic rings. The maximum Gasteiger partial charge on any atom is 0.248 e. The summed E-state index contributed by atoms with van der Waals surface area (Å²) < 4.78 is 31.5. The van der Waals surface area contributed by atoms with Crippen molar-refractivity contribution in [2.45, 2.75) is 44.1 Å². The number of carbonyl (C=O) groups excluding carboxylic acids is 1. The molecule has 0 spiro atoms. The highest BCUT2D eigenvalue weighted by atomic mass is 19.3. The number of hydrogen-bond acceptors (Lipinski definition) is 4. The van der Waals surface area contributed by atoms with E-state index in [0.29, 0.717) is 18.7 Å². The Morgan fingerprint density at radius 3 is 2.72 bits per heavy atom. The Kier molecular flexibility index (Phi) is 5.21. The number of amides is 1. The zero-order chi connectivity index (χ0) is 17.7. The second kappa shape index (κ2) is 7.55. The number of carbonyl (C=O) groups is 1. The Balaban J connectivity index is 1.49. The van der Waals surface area contributed by atoms with E-state index in [2.05, 4.69) is 15.5 Å². The van der Waals surface area contributed by atoms with Crippen LogP contribution in [-0.4, -0.2) is 22.0 Å². The van der Waals surface area contributed by atoms with Crippen molar-refractivity contribution >= 4 is 12.0 Å². The molecule has 1 heterocycles. The number of hydrogen-bond donors (Lipinski definition) is 1. The molecule has 0 unspecified atom stereocenters. The number of rotatable bonds is 5. The highest BCUT2D eigenvalue weighted by molar-refractivity contribution is 5.91. The Bertz CT molecular complexity index is 734. The van der Waals surface area contributed by atoms with Crippen LogP contribution < -0.4 is 5.32 Å². The van der Waals surface area contributed by atoms with Gasteiger partial charge < -0.3 is 9.84 Å². The van der Waals surface area contributed by atoms with E-state index in [9.17, 15) is 13.6 Å². The fourth-order valence-electron chi connectivity index (χ4n) is 2.76. The molecule has 3 rings (SSSR count). The van der Waals surface area contributed by atoms with Gasteiger partial charge in [0.15, 0.2) is 5.82 Å². The molecule has 1 saturated carbocycles. The Morgan fingerprint density at radius 1 is 1.28 bits per heavy atom. The summed E-state index contributed by atoms with van der Waals surface area (Å²) in [6.45, 7) is 0.105. The molecule has 2 aromatic rings. The van der Waals surface area contributed by atoms with Crippen LogP contribution in [0.25, 0.3) is 6.08 Å². The summed E-state index contributed by atoms with van der Waals surface area (Å²) in [6.07, 6.45) is 3.52. The van der Waals surface area contributed by atoms with E-state index in [1.54, 1.807) is 6.08 Å². The molecule has 0 bridgehead atoms. The Hall–Kier alpha value is -2.57. The molecule has 1 amide bonds. The van der Waals surface area contributed by atoms with Crippen LogP contribution in [0.1, 0.15) is 48.9 Å². The third kappa shape index (κ3) is 4.95. The highest BCUT2D eigenvalue weighted by Crippen LogP contribution is 2.39. The topological polar surface area (TPSA) is 68.0 Å². The molecular weight excluding hydrogens is 328 g/mol. The van der Waals surface area contributed by atoms with Gasteiger partial charge in [-0.05, 0) is 24.5 Å². The maximum atomic E-state index is 13.2. The van der Waals surface area contributed by atoms with Gasteiger partial charge in [0.1, 0.15) is 0 Å². The number of alkyl halides is 2. The zero-order valence-corrected chi connectivity index (χ0v) is 13.6. The molecule has 0 radical (unpaired) electrons. The van der Waals surface area contributed by atoms with Gasteiger partial charge in [0.05, 0.1) is 6.54 Å². The van der Waals surface area contributed by atoms with Crippen molar-refractivity contribution < 1.29 is 18.1 Å². The summed E-state index contributed by atoms with van der Waals surface area (Å²) >= 11 is 0. The van der Waals surface area contributed by atoms with Crippen LogP contribution in [0.5, 0.6) is 0 Å². The summed E-state index contributed by atoms with van der Waals surface area (Å²) in [4.78, 5) is 16.0. The Morgan fingerprint density at radius 2 is 2.00 bits per heavy atom. The normalized spacial score (nSPS) is 17.7. The lowest BCUT2D eigenvalue weighted by Gasteiger charge is -2.26. The predicted molar refractivity (Wildman–Crippen MR) is 87.8 cm³/mol. The predicted octanol–water partition coefficient (Wildman–Crippen LogP) is 3.69. The first-order valence-corrected chi connectivity index (χ1v) is 8.23. The quantitative estimate of drug-likeness (QED) is 0.838. The molecular formula is C18H19F2N3O2. The number of nitrogens with one attached hydrogen (secondary N) is 1. The van der Waals surface area contributed by atoms with Crippen LogP contribution in [0, 0.1) is 0 Å². The van der Waals surface area contributed by atoms with Crippen molar-refractivity contribution in [1.82, 2.24) is 15.5 Å². The van der Waals surface area contributed by atoms with Gasteiger partial charge in [0.2, 0.25) is 17.7 Å². The van der Waals surface area contributed by atoms with E-state index < -0.39 is 5.92 Å². The minimum Gasteiger partial charge on any atom is -0.343 e. The smallest absolute Gasteiger partial charge is 0.248 e. The third-order valence-corrected chi connectivity index (χ3v) is 4.21. The number of benzene rings is 1. The van der Waals surface area contributed by atoms with Crippen molar-refractivity contribution in [2.24, 2.45) is 0 Å². The number of aromatic nitrogens is 2. The van der Waals surface area contributed by atoms with Crippen LogP contribution >= 0.6 is 0 Å². The minimum atomic E-state index is -2.58. The van der Waals surface area contributed by atoms with Gasteiger partial charge in [-0.25, -0.2) is 8.78 Å². The molecule has 7 heteroatoms. The van der Waals surface area contributed by atoms with E-state index in [1.165, 1.54) is 6.08 Å². The fourth-order valence-corrected chi connectivity index (χ4v) is 2.76. The minimum absolute atomic E-state index is 0.105. The molecule has 0 aliphatic heterocycles. The number of halogens is 2. The monoisotopic (exact) mass is 347 g/mol. The SMILES string of the molecule is O=C(C=Cc1ccccc1)NCc1nc(C2CCC(F)(F)CC2)no1. The van der Waals surface area contributed by atoms with Gasteiger partial charge >= 0.3 is 0 Å². The molecule has 0 saturated heterocycles. The lowest BCUT2D eigenvalue weighted by molar-refractivity contribution is -0.116. The van der Waals surface area contributed by atoms with Gasteiger partial charge in [0.25, 0.3) is 0 Å². The van der Waals surface area contributed by atoms with Gasteiger partial charge in [-0.3, -0.25) is 4.79 Å². The second-order valence-corrected chi connectivity index (χ2v) is 6.14. The molecule has 1 fully saturated rings. The standard InChI is InChI=1S/C18H19F2N3O2/c19-18(20)10-8-14(9-11-18)17-22-16(25-23-17)12-21-15(24)7-6-13-4-2-1-3-5-13/h1-7,14H,8-12H2,(H,21,24). The molecule has 132 valence electrons. The summed E-state index contributed by atoms with van der Waals surface area (Å²) in [6, 6.07) is 9.46. The second-order valence-electron chi connectivity index (χ2n) is 6.14. The van der Waals surface area contributed by atoms with Crippen LogP contribution in [0.3, 0.4) is 0 Å². The molecule has 5 nitrogen and oxygen atoms in total. The highest BCUT2D eigenvalue weighted by Gasteiger charge is 2.36. The largest absolute Gasteiger partial charge is 0.343 e. The first kappa shape index (κ1) is 17.3. The van der Waals surface area contributed by atoms with Crippen molar-refractivity contribution in [3.8, 4) is 0 Å². The van der Waals surface area contributed by atoms with Crippen molar-refractivity contribution in [2.75, 3.05) is 0 Å². The Labute approximate surface area is 144 Å². The lowest BCUT2D eigenvalue weighted by atomic mass is 9.86. The van der Waals surface area contributed by atoms with Crippen LogP contribution in [0.4, 0.5) is 8.78 Å². The van der Waals surface area contributed by atoms with Crippen LogP contribution in [-0.2, 0) is 11.3 Å². The average molecular weight is 347 g/mol. The van der Waals surface area contributed by atoms with E-state index in [1.807, 2.05) is 30.3 Å². The van der Waals surface area contributed by atoms with Gasteiger partial charge in [-0.15, -0.1) is 0 Å². The summed E-state index contributed by atoms with van der Waals surface area (Å²) in [7, 11) is 0. The lowest BCUT2D eigenvalue weighted by Crippen LogP contribution is -2.24. The van der Waals surface area contributed by atoms with E-state index in [-0.39, 0.29) is 37.1 Å². The van der Waals surface area contributed by atoms with E-state index >= 15 is 0 Å². The molecule has 25 heavy (non-hydrogen) atoms. The van der Waals surface area contributed by atoms with Crippen molar-refractivity contribution in [3.05, 3.63) is 53.7 Å². The van der Waals surface area contributed by atoms with E-state index in [0.717, 1.165) is 5.56 Å². The van der Waals surface area contributed by atoms with Gasteiger partial charge in [-0.1, -0.05) is 35.5 Å². The molecule has 1 N–H and O–H groups in total. The molecule has 1 aliphatic carbocycles. The van der Waals surface area contributed by atoms with Gasteiger partial charge in [-0.2, -0.15) is 4.98 Å².